The van der Waals surface area contributed by atoms with Crippen molar-refractivity contribution in [3.63, 3.8) is 0 Å². The molecule has 0 saturated carbocycles. The van der Waals surface area contributed by atoms with Crippen molar-refractivity contribution in [2.24, 2.45) is 0 Å². The molecule has 3 aromatic heterocycles. The van der Waals surface area contributed by atoms with E-state index in [0.29, 0.717) is 27.9 Å². The van der Waals surface area contributed by atoms with E-state index in [1.807, 2.05) is 102 Å². The first-order valence-corrected chi connectivity index (χ1v) is 12.0. The Labute approximate surface area is 211 Å². The second-order valence-corrected chi connectivity index (χ2v) is 8.79. The monoisotopic (exact) mass is 482 g/mol. The molecular weight excluding hydrogens is 464 g/mol. The predicted octanol–water partition coefficient (Wildman–Crippen LogP) is 6.68. The molecule has 0 atom stereocenters. The molecular formula is C29H18N6S. The van der Waals surface area contributed by atoms with E-state index in [0.717, 1.165) is 33.2 Å². The average molecular weight is 483 g/mol. The second-order valence-electron chi connectivity index (χ2n) is 8.40. The zero-order valence-electron chi connectivity index (χ0n) is 19.0. The van der Waals surface area contributed by atoms with Crippen LogP contribution in [0.25, 0.3) is 56.4 Å². The maximum Gasteiger partial charge on any atom is 0.239 e. The van der Waals surface area contributed by atoms with Gasteiger partial charge in [-0.05, 0) is 24.3 Å². The molecule has 4 aromatic carbocycles. The van der Waals surface area contributed by atoms with Gasteiger partial charge in [0.2, 0.25) is 5.95 Å². The van der Waals surface area contributed by atoms with Crippen molar-refractivity contribution < 1.29 is 0 Å². The molecule has 7 aromatic rings. The van der Waals surface area contributed by atoms with E-state index in [-0.39, 0.29) is 0 Å². The average Bonchev–Trinajstić information content (AvgIpc) is 3.34. The molecule has 0 aliphatic rings. The minimum absolute atomic E-state index is 0.457. The van der Waals surface area contributed by atoms with Crippen LogP contribution in [0.15, 0.2) is 109 Å². The Hall–Kier alpha value is -4.75. The first kappa shape index (κ1) is 20.6. The Morgan fingerprint density at radius 3 is 1.67 bits per heavy atom. The molecule has 0 amide bonds. The van der Waals surface area contributed by atoms with Crippen molar-refractivity contribution in [2.45, 2.75) is 0 Å². The molecule has 0 saturated heterocycles. The van der Waals surface area contributed by atoms with Crippen LogP contribution < -0.4 is 0 Å². The van der Waals surface area contributed by atoms with Crippen molar-refractivity contribution in [1.82, 2.24) is 28.9 Å². The number of aromatic nitrogens is 6. The van der Waals surface area contributed by atoms with Crippen LogP contribution in [0.4, 0.5) is 0 Å². The SMILES string of the molecule is S=c1c2nc3ccccc3n2c2ccccc2n1-c1nc(-c2ccccc2)nc(-c2ccccc2)n1. The van der Waals surface area contributed by atoms with Gasteiger partial charge in [0.05, 0.1) is 22.1 Å². The zero-order valence-corrected chi connectivity index (χ0v) is 19.8. The third-order valence-electron chi connectivity index (χ3n) is 6.21. The van der Waals surface area contributed by atoms with Gasteiger partial charge in [-0.3, -0.25) is 8.97 Å². The summed E-state index contributed by atoms with van der Waals surface area (Å²) in [6.07, 6.45) is 0. The van der Waals surface area contributed by atoms with Crippen molar-refractivity contribution in [3.8, 4) is 28.7 Å². The van der Waals surface area contributed by atoms with Gasteiger partial charge in [-0.25, -0.2) is 9.97 Å². The molecule has 7 heteroatoms. The zero-order chi connectivity index (χ0) is 24.1. The molecule has 170 valence electrons. The molecule has 6 nitrogen and oxygen atoms in total. The number of fused-ring (bicyclic) bond motifs is 5. The minimum atomic E-state index is 0.457. The van der Waals surface area contributed by atoms with E-state index in [9.17, 15) is 0 Å². The number of nitrogens with zero attached hydrogens (tertiary/aromatic N) is 6. The summed E-state index contributed by atoms with van der Waals surface area (Å²) in [5, 5.41) is 0. The molecule has 0 aliphatic carbocycles. The quantitative estimate of drug-likeness (QED) is 0.263. The normalized spacial score (nSPS) is 11.4. The van der Waals surface area contributed by atoms with Gasteiger partial charge in [-0.1, -0.05) is 97.1 Å². The number of hydrogen-bond acceptors (Lipinski definition) is 5. The predicted molar refractivity (Wildman–Crippen MR) is 145 cm³/mol. The molecule has 0 radical (unpaired) electrons. The lowest BCUT2D eigenvalue weighted by atomic mass is 10.2. The van der Waals surface area contributed by atoms with E-state index in [1.165, 1.54) is 0 Å². The number of para-hydroxylation sites is 4. The van der Waals surface area contributed by atoms with Crippen molar-refractivity contribution in [3.05, 3.63) is 114 Å². The summed E-state index contributed by atoms with van der Waals surface area (Å²) >= 11 is 6.04. The number of benzene rings is 4. The molecule has 3 heterocycles. The summed E-state index contributed by atoms with van der Waals surface area (Å²) in [5.74, 6) is 1.62. The minimum Gasteiger partial charge on any atom is -0.288 e. The molecule has 7 rings (SSSR count). The van der Waals surface area contributed by atoms with Gasteiger partial charge in [-0.2, -0.15) is 9.97 Å². The Balaban J connectivity index is 1.61. The summed E-state index contributed by atoms with van der Waals surface area (Å²) in [7, 11) is 0. The van der Waals surface area contributed by atoms with Crippen molar-refractivity contribution in [1.29, 1.82) is 0 Å². The summed E-state index contributed by atoms with van der Waals surface area (Å²) in [6.45, 7) is 0. The lowest BCUT2D eigenvalue weighted by Gasteiger charge is -2.14. The summed E-state index contributed by atoms with van der Waals surface area (Å²) in [4.78, 5) is 19.5. The Morgan fingerprint density at radius 2 is 1.03 bits per heavy atom. The van der Waals surface area contributed by atoms with E-state index in [4.69, 9.17) is 32.2 Å². The lowest BCUT2D eigenvalue weighted by Crippen LogP contribution is -2.10. The smallest absolute Gasteiger partial charge is 0.239 e. The fraction of sp³-hybridized carbons (Fsp3) is 0. The molecule has 0 fully saturated rings. The number of hydrogen-bond donors (Lipinski definition) is 0. The third-order valence-corrected chi connectivity index (χ3v) is 6.57. The highest BCUT2D eigenvalue weighted by molar-refractivity contribution is 7.71. The highest BCUT2D eigenvalue weighted by Gasteiger charge is 2.18. The summed E-state index contributed by atoms with van der Waals surface area (Å²) in [5.41, 5.74) is 6.25. The molecule has 36 heavy (non-hydrogen) atoms. The highest BCUT2D eigenvalue weighted by Crippen LogP contribution is 2.28. The fourth-order valence-corrected chi connectivity index (χ4v) is 4.88. The Bertz CT molecular complexity index is 1900. The van der Waals surface area contributed by atoms with Gasteiger partial charge in [-0.15, -0.1) is 0 Å². The van der Waals surface area contributed by atoms with Crippen LogP contribution in [0.1, 0.15) is 0 Å². The van der Waals surface area contributed by atoms with E-state index >= 15 is 0 Å². The van der Waals surface area contributed by atoms with Crippen LogP contribution in [0.3, 0.4) is 0 Å². The molecule has 0 unspecified atom stereocenters. The standard InChI is InChI=1S/C29H18N6S/c36-28-27-30-21-15-7-8-16-22(21)34(27)23-17-9-10-18-24(23)35(28)29-32-25(19-11-3-1-4-12-19)31-26(33-29)20-13-5-2-6-14-20/h1-18H. The van der Waals surface area contributed by atoms with Gasteiger partial charge in [0.25, 0.3) is 0 Å². The Kier molecular flexibility index (Phi) is 4.68. The highest BCUT2D eigenvalue weighted by atomic mass is 32.1. The first-order chi connectivity index (χ1) is 17.8. The van der Waals surface area contributed by atoms with Gasteiger partial charge >= 0.3 is 0 Å². The summed E-state index contributed by atoms with van der Waals surface area (Å²) in [6, 6.07) is 36.0. The molecule has 0 N–H and O–H groups in total. The maximum atomic E-state index is 6.04. The number of rotatable bonds is 3. The molecule has 0 aliphatic heterocycles. The first-order valence-electron chi connectivity index (χ1n) is 11.6. The van der Waals surface area contributed by atoms with Crippen molar-refractivity contribution >= 4 is 39.9 Å². The van der Waals surface area contributed by atoms with Gasteiger partial charge in [0.1, 0.15) is 0 Å². The summed E-state index contributed by atoms with van der Waals surface area (Å²) < 4.78 is 4.56. The van der Waals surface area contributed by atoms with Crippen LogP contribution in [0.5, 0.6) is 0 Å². The van der Waals surface area contributed by atoms with Gasteiger partial charge in [0, 0.05) is 11.1 Å². The van der Waals surface area contributed by atoms with Gasteiger partial charge < -0.3 is 0 Å². The second kappa shape index (κ2) is 8.18. The van der Waals surface area contributed by atoms with Crippen molar-refractivity contribution in [2.75, 3.05) is 0 Å². The maximum absolute atomic E-state index is 6.04. The molecule has 0 spiro atoms. The van der Waals surface area contributed by atoms with Crippen LogP contribution in [-0.4, -0.2) is 28.9 Å². The van der Waals surface area contributed by atoms with Gasteiger partial charge in [0.15, 0.2) is 21.9 Å². The topological polar surface area (TPSA) is 60.9 Å². The van der Waals surface area contributed by atoms with E-state index < -0.39 is 0 Å². The van der Waals surface area contributed by atoms with E-state index in [2.05, 4.69) is 16.5 Å². The Morgan fingerprint density at radius 1 is 0.500 bits per heavy atom. The fourth-order valence-electron chi connectivity index (χ4n) is 4.56. The van der Waals surface area contributed by atoms with Crippen LogP contribution in [0.2, 0.25) is 0 Å². The van der Waals surface area contributed by atoms with Crippen LogP contribution in [0, 0.1) is 4.64 Å². The number of imidazole rings is 1. The van der Waals surface area contributed by atoms with Crippen LogP contribution in [-0.2, 0) is 0 Å². The largest absolute Gasteiger partial charge is 0.288 e. The lowest BCUT2D eigenvalue weighted by molar-refractivity contribution is 0.911. The van der Waals surface area contributed by atoms with Crippen LogP contribution >= 0.6 is 12.2 Å². The van der Waals surface area contributed by atoms with E-state index in [1.54, 1.807) is 0 Å². The molecule has 0 bridgehead atoms. The third kappa shape index (κ3) is 3.21.